The van der Waals surface area contributed by atoms with Gasteiger partial charge in [0, 0.05) is 19.3 Å². The Morgan fingerprint density at radius 3 is 2.44 bits per heavy atom. The Kier molecular flexibility index (Phi) is 8.52. The molecule has 1 aliphatic rings. The summed E-state index contributed by atoms with van der Waals surface area (Å²) in [5.74, 6) is -0.387. The fraction of sp³-hybridized carbons (Fsp3) is 0.421. The van der Waals surface area contributed by atoms with Crippen molar-refractivity contribution in [2.75, 3.05) is 6.61 Å². The highest BCUT2D eigenvalue weighted by molar-refractivity contribution is 14.1. The average molecular weight is 627 g/mol. The zero-order chi connectivity index (χ0) is 20.3. The monoisotopic (exact) mass is 627 g/mol. The lowest BCUT2D eigenvalue weighted by molar-refractivity contribution is -0.139. The molecule has 0 saturated carbocycles. The first-order valence-corrected chi connectivity index (χ1v) is 12.2. The van der Waals surface area contributed by atoms with Crippen LogP contribution in [0.5, 0.6) is 0 Å². The minimum absolute atomic E-state index is 0.0332. The molecule has 0 aliphatic carbocycles. The first-order valence-electron chi connectivity index (χ1n) is 8.36. The molecule has 1 unspecified atom stereocenters. The van der Waals surface area contributed by atoms with Gasteiger partial charge in [-0.3, -0.25) is 4.79 Å². The number of nitriles is 1. The lowest BCUT2D eigenvalue weighted by Crippen LogP contribution is -2.13. The Labute approximate surface area is 195 Å². The normalized spacial score (nSPS) is 15.9. The molecule has 27 heavy (non-hydrogen) atoms. The number of esters is 1. The summed E-state index contributed by atoms with van der Waals surface area (Å²) in [6.45, 7) is 8.30. The van der Waals surface area contributed by atoms with Crippen molar-refractivity contribution in [1.82, 2.24) is 0 Å². The quantitative estimate of drug-likeness (QED) is 0.123. The lowest BCUT2D eigenvalue weighted by Gasteiger charge is -2.13. The van der Waals surface area contributed by atoms with Crippen LogP contribution < -0.4 is 0 Å². The molecule has 0 fully saturated rings. The van der Waals surface area contributed by atoms with Gasteiger partial charge in [0.25, 0.3) is 0 Å². The number of benzene rings is 1. The smallest absolute Gasteiger partial charge is 0.350 e. The topological polar surface area (TPSA) is 67.2 Å². The van der Waals surface area contributed by atoms with Crippen molar-refractivity contribution in [3.8, 4) is 6.07 Å². The Morgan fingerprint density at radius 2 is 1.89 bits per heavy atom. The molecule has 1 heterocycles. The summed E-state index contributed by atoms with van der Waals surface area (Å²) < 4.78 is 7.12. The largest absolute Gasteiger partial charge is 0.462 e. The third kappa shape index (κ3) is 5.42. The van der Waals surface area contributed by atoms with Crippen molar-refractivity contribution in [2.24, 2.45) is 5.92 Å². The van der Waals surface area contributed by atoms with E-state index in [0.717, 1.165) is 15.4 Å². The lowest BCUT2D eigenvalue weighted by atomic mass is 10.0. The van der Waals surface area contributed by atoms with Crippen LogP contribution in [0.2, 0.25) is 0 Å². The van der Waals surface area contributed by atoms with Crippen LogP contribution in [0.3, 0.4) is 0 Å². The van der Waals surface area contributed by atoms with Gasteiger partial charge < -0.3 is 4.74 Å². The molecule has 0 spiro atoms. The minimum atomic E-state index is -0.620. The van der Waals surface area contributed by atoms with E-state index in [4.69, 9.17) is 4.74 Å². The summed E-state index contributed by atoms with van der Waals surface area (Å²) in [4.78, 5) is 25.9. The summed E-state index contributed by atoms with van der Waals surface area (Å²) in [5.41, 5.74) is 2.47. The van der Waals surface area contributed by atoms with Crippen molar-refractivity contribution in [3.05, 3.63) is 30.6 Å². The number of ether oxygens (including phenoxy) is 1. The maximum Gasteiger partial charge on any atom is 0.350 e. The van der Waals surface area contributed by atoms with Crippen LogP contribution in [0, 0.1) is 27.7 Å². The van der Waals surface area contributed by atoms with Crippen molar-refractivity contribution >= 4 is 78.5 Å². The van der Waals surface area contributed by atoms with Crippen molar-refractivity contribution in [2.45, 2.75) is 49.8 Å². The molecule has 1 aromatic rings. The van der Waals surface area contributed by atoms with Crippen molar-refractivity contribution in [1.29, 1.82) is 5.26 Å². The Morgan fingerprint density at radius 1 is 1.26 bits per heavy atom. The molecule has 2 rings (SSSR count). The molecule has 0 bridgehead atoms. The number of nitrogens with zero attached hydrogens (tertiary/aromatic N) is 1. The van der Waals surface area contributed by atoms with Crippen LogP contribution in [0.4, 0.5) is 0 Å². The Hall–Kier alpha value is -0.250. The number of fused-ring (bicyclic) bond motifs is 1. The number of carbonyl (C=O) groups is 2. The number of rotatable bonds is 6. The highest BCUT2D eigenvalue weighted by atomic mass is 127. The molecule has 8 heteroatoms. The first-order chi connectivity index (χ1) is 12.7. The zero-order valence-electron chi connectivity index (χ0n) is 15.4. The van der Waals surface area contributed by atoms with E-state index in [9.17, 15) is 14.9 Å². The van der Waals surface area contributed by atoms with E-state index in [1.165, 1.54) is 32.7 Å². The molecule has 144 valence electrons. The predicted molar refractivity (Wildman–Crippen MR) is 126 cm³/mol. The molecule has 0 radical (unpaired) electrons. The highest BCUT2D eigenvalue weighted by Crippen LogP contribution is 2.56. The molecule has 1 aromatic carbocycles. The van der Waals surface area contributed by atoms with Gasteiger partial charge in [-0.15, -0.1) is 0 Å². The summed E-state index contributed by atoms with van der Waals surface area (Å²) in [5, 5.41) is 9.52. The number of aryl methyl sites for hydroxylation is 1. The van der Waals surface area contributed by atoms with Gasteiger partial charge in [-0.1, -0.05) is 50.4 Å². The summed E-state index contributed by atoms with van der Waals surface area (Å²) >= 11 is 7.02. The number of halogens is 2. The molecular weight excluding hydrogens is 608 g/mol. The summed E-state index contributed by atoms with van der Waals surface area (Å²) in [6, 6.07) is 4.20. The summed E-state index contributed by atoms with van der Waals surface area (Å²) in [6.07, 6.45) is 0.455. The van der Waals surface area contributed by atoms with Crippen LogP contribution in [0.25, 0.3) is 0 Å². The van der Waals surface area contributed by atoms with Crippen molar-refractivity contribution in [3.63, 3.8) is 0 Å². The number of thioether (sulfide) groups is 2. The third-order valence-corrected chi connectivity index (χ3v) is 9.43. The average Bonchev–Trinajstić information content (AvgIpc) is 3.04. The molecule has 1 aliphatic heterocycles. The van der Waals surface area contributed by atoms with Gasteiger partial charge in [0.1, 0.15) is 6.07 Å². The van der Waals surface area contributed by atoms with E-state index in [0.29, 0.717) is 16.6 Å². The number of hydrogen-bond acceptors (Lipinski definition) is 6. The maximum atomic E-state index is 12.4. The van der Waals surface area contributed by atoms with Gasteiger partial charge in [0.05, 0.1) is 10.8 Å². The fourth-order valence-electron chi connectivity index (χ4n) is 2.41. The minimum Gasteiger partial charge on any atom is -0.462 e. The van der Waals surface area contributed by atoms with E-state index < -0.39 is 5.97 Å². The first kappa shape index (κ1) is 23.0. The summed E-state index contributed by atoms with van der Waals surface area (Å²) in [7, 11) is 0. The third-order valence-electron chi connectivity index (χ3n) is 4.09. The molecule has 4 nitrogen and oxygen atoms in total. The van der Waals surface area contributed by atoms with Gasteiger partial charge in [-0.2, -0.15) is 5.26 Å². The fourth-order valence-corrected chi connectivity index (χ4v) is 6.91. The van der Waals surface area contributed by atoms with Gasteiger partial charge in [0.2, 0.25) is 0 Å². The van der Waals surface area contributed by atoms with E-state index in [1.807, 2.05) is 6.07 Å². The van der Waals surface area contributed by atoms with E-state index in [1.54, 1.807) is 29.5 Å². The van der Waals surface area contributed by atoms with Crippen LogP contribution >= 0.6 is 68.7 Å². The molecular formula is C19H19I2NO3S2. The van der Waals surface area contributed by atoms with E-state index in [2.05, 4.69) is 49.4 Å². The number of hydrogen-bond donors (Lipinski definition) is 0. The molecule has 0 N–H and O–H groups in total. The van der Waals surface area contributed by atoms with Gasteiger partial charge in [-0.25, -0.2) is 4.79 Å². The Balaban J connectivity index is 2.22. The van der Waals surface area contributed by atoms with Gasteiger partial charge >= 0.3 is 5.97 Å². The van der Waals surface area contributed by atoms with Gasteiger partial charge in [0.15, 0.2) is 9.36 Å². The second-order valence-corrected chi connectivity index (χ2v) is 11.0. The molecule has 0 amide bonds. The molecule has 0 aromatic heterocycles. The van der Waals surface area contributed by atoms with Gasteiger partial charge in [-0.05, 0) is 75.6 Å². The Bertz CT molecular complexity index is 859. The second-order valence-electron chi connectivity index (χ2n) is 6.52. The number of carbonyl (C=O) groups excluding carboxylic acids is 2. The molecule has 0 saturated heterocycles. The van der Waals surface area contributed by atoms with E-state index in [-0.39, 0.29) is 21.9 Å². The molecule has 1 atom stereocenters. The standard InChI is InChI=1S/C19H19I2NO3S2/c1-9(2)12-7-11(4)15-16(14(12)20)27-19(26-15)13(8-22)18(24)25-6-5-10(3)17(21)23/h7,9-10H,5-6H2,1-4H3/b19-13+. The highest BCUT2D eigenvalue weighted by Gasteiger charge is 2.30. The predicted octanol–water partition coefficient (Wildman–Crippen LogP) is 6.19. The van der Waals surface area contributed by atoms with Crippen LogP contribution in [-0.4, -0.2) is 16.4 Å². The second kappa shape index (κ2) is 9.98. The van der Waals surface area contributed by atoms with Crippen molar-refractivity contribution < 1.29 is 14.3 Å². The zero-order valence-corrected chi connectivity index (χ0v) is 21.3. The van der Waals surface area contributed by atoms with Crippen LogP contribution in [0.1, 0.15) is 44.2 Å². The SMILES string of the molecule is Cc1cc(C(C)C)c(I)c2c1S/C(=C(/C#N)C(=O)OCCC(C)C(=O)I)S2. The maximum absolute atomic E-state index is 12.4. The van der Waals surface area contributed by atoms with Crippen LogP contribution in [-0.2, 0) is 14.3 Å². The van der Waals surface area contributed by atoms with E-state index >= 15 is 0 Å². The van der Waals surface area contributed by atoms with Crippen LogP contribution in [0.15, 0.2) is 25.7 Å².